The number of hydrogen-bond acceptors (Lipinski definition) is 3. The fourth-order valence-electron chi connectivity index (χ4n) is 2.93. The Morgan fingerprint density at radius 2 is 1.93 bits per heavy atom. The van der Waals surface area contributed by atoms with Crippen molar-refractivity contribution >= 4 is 34.4 Å². The second-order valence-electron chi connectivity index (χ2n) is 7.75. The van der Waals surface area contributed by atoms with E-state index in [1.54, 1.807) is 35.8 Å². The van der Waals surface area contributed by atoms with Gasteiger partial charge in [-0.25, -0.2) is 9.78 Å². The van der Waals surface area contributed by atoms with Gasteiger partial charge in [0.25, 0.3) is 5.56 Å². The van der Waals surface area contributed by atoms with Crippen LogP contribution in [0.15, 0.2) is 47.3 Å². The van der Waals surface area contributed by atoms with Crippen LogP contribution in [0.4, 0.5) is 10.5 Å². The molecule has 1 aromatic heterocycles. The number of nitrogens with zero attached hydrogens (tertiary/aromatic N) is 2. The number of hydrogen-bond donors (Lipinski definition) is 2. The van der Waals surface area contributed by atoms with Crippen LogP contribution in [0.25, 0.3) is 11.0 Å². The van der Waals surface area contributed by atoms with Gasteiger partial charge in [-0.05, 0) is 63.6 Å². The number of urea groups is 1. The summed E-state index contributed by atoms with van der Waals surface area (Å²) in [5.41, 5.74) is 2.75. The lowest BCUT2D eigenvalue weighted by Crippen LogP contribution is -2.43. The maximum absolute atomic E-state index is 12.7. The lowest BCUT2D eigenvalue weighted by Gasteiger charge is -2.21. The van der Waals surface area contributed by atoms with Crippen LogP contribution in [0, 0.1) is 6.92 Å². The summed E-state index contributed by atoms with van der Waals surface area (Å²) >= 11 is 6.07. The number of carbonyl (C=O) groups is 1. The van der Waals surface area contributed by atoms with E-state index in [0.29, 0.717) is 34.0 Å². The van der Waals surface area contributed by atoms with Crippen LogP contribution in [0.1, 0.15) is 32.0 Å². The number of fused-ring (bicyclic) bond motifs is 1. The molecule has 3 rings (SSSR count). The number of halogens is 1. The third-order valence-electron chi connectivity index (χ3n) is 4.09. The fraction of sp³-hybridized carbons (Fsp3) is 0.286. The molecule has 146 valence electrons. The molecule has 0 radical (unpaired) electrons. The van der Waals surface area contributed by atoms with Crippen LogP contribution in [0.3, 0.4) is 0 Å². The molecule has 2 N–H and O–H groups in total. The molecule has 0 fully saturated rings. The van der Waals surface area contributed by atoms with Crippen molar-refractivity contribution in [1.82, 2.24) is 14.9 Å². The molecule has 0 atom stereocenters. The number of aryl methyl sites for hydroxylation is 1. The Labute approximate surface area is 168 Å². The number of nitrogens with one attached hydrogen (secondary N) is 2. The minimum absolute atomic E-state index is 0.154. The highest BCUT2D eigenvalue weighted by atomic mass is 35.5. The molecule has 3 aromatic rings. The number of amides is 2. The average molecular weight is 399 g/mol. The molecule has 0 aliphatic heterocycles. The summed E-state index contributed by atoms with van der Waals surface area (Å²) in [4.78, 5) is 29.2. The van der Waals surface area contributed by atoms with Gasteiger partial charge in [0.1, 0.15) is 5.69 Å². The third-order valence-corrected chi connectivity index (χ3v) is 4.32. The van der Waals surface area contributed by atoms with Crippen LogP contribution in [0.5, 0.6) is 0 Å². The molecule has 7 heteroatoms. The van der Waals surface area contributed by atoms with Gasteiger partial charge in [-0.2, -0.15) is 0 Å². The minimum atomic E-state index is -0.340. The van der Waals surface area contributed by atoms with E-state index in [1.807, 2.05) is 39.0 Å². The number of rotatable bonds is 3. The van der Waals surface area contributed by atoms with Gasteiger partial charge >= 0.3 is 6.03 Å². The van der Waals surface area contributed by atoms with E-state index in [0.717, 1.165) is 5.56 Å². The van der Waals surface area contributed by atoms with E-state index in [4.69, 9.17) is 11.6 Å². The van der Waals surface area contributed by atoms with Crippen molar-refractivity contribution in [2.75, 3.05) is 5.32 Å². The van der Waals surface area contributed by atoms with Gasteiger partial charge in [0.05, 0.1) is 17.6 Å². The predicted molar refractivity (Wildman–Crippen MR) is 113 cm³/mol. The van der Waals surface area contributed by atoms with Gasteiger partial charge in [-0.3, -0.25) is 4.79 Å². The summed E-state index contributed by atoms with van der Waals surface area (Å²) < 4.78 is 1.67. The van der Waals surface area contributed by atoms with E-state index in [2.05, 4.69) is 15.6 Å². The number of benzene rings is 2. The number of aromatic nitrogens is 2. The Kier molecular flexibility index (Phi) is 5.42. The highest BCUT2D eigenvalue weighted by Gasteiger charge is 2.15. The minimum Gasteiger partial charge on any atom is -0.333 e. The molecule has 0 aliphatic rings. The number of anilines is 1. The van der Waals surface area contributed by atoms with Gasteiger partial charge in [-0.15, -0.1) is 0 Å². The van der Waals surface area contributed by atoms with Crippen LogP contribution in [-0.4, -0.2) is 21.1 Å². The van der Waals surface area contributed by atoms with E-state index < -0.39 is 0 Å². The van der Waals surface area contributed by atoms with Gasteiger partial charge in [0, 0.05) is 16.2 Å². The predicted octanol–water partition coefficient (Wildman–Crippen LogP) is 4.33. The highest BCUT2D eigenvalue weighted by Crippen LogP contribution is 2.19. The Hall–Kier alpha value is -2.86. The quantitative estimate of drug-likeness (QED) is 0.689. The van der Waals surface area contributed by atoms with Crippen molar-refractivity contribution < 1.29 is 4.79 Å². The summed E-state index contributed by atoms with van der Waals surface area (Å²) in [7, 11) is 0. The lowest BCUT2D eigenvalue weighted by atomic mass is 10.1. The van der Waals surface area contributed by atoms with Crippen LogP contribution >= 0.6 is 11.6 Å². The highest BCUT2D eigenvalue weighted by molar-refractivity contribution is 6.30. The molecule has 0 saturated carbocycles. The molecule has 0 spiro atoms. The lowest BCUT2D eigenvalue weighted by molar-refractivity contribution is 0.244. The molecule has 0 saturated heterocycles. The molecule has 2 amide bonds. The normalized spacial score (nSPS) is 11.5. The molecule has 2 aromatic carbocycles. The molecule has 1 heterocycles. The largest absolute Gasteiger partial charge is 0.333 e. The standard InChI is InChI=1S/C21H23ClN4O2/c1-13-19(27)26(12-14-6-5-7-15(22)10-14)18-9-8-16(11-17(18)23-13)24-20(28)25-21(2,3)4/h5-11H,12H2,1-4H3,(H2,24,25,28). The molecule has 0 unspecified atom stereocenters. The van der Waals surface area contributed by atoms with E-state index in [9.17, 15) is 9.59 Å². The van der Waals surface area contributed by atoms with Crippen LogP contribution in [0.2, 0.25) is 5.02 Å². The van der Waals surface area contributed by atoms with Crippen molar-refractivity contribution in [2.45, 2.75) is 39.8 Å². The second-order valence-corrected chi connectivity index (χ2v) is 8.19. The first-order valence-electron chi connectivity index (χ1n) is 8.97. The van der Waals surface area contributed by atoms with Crippen LogP contribution in [-0.2, 0) is 6.54 Å². The summed E-state index contributed by atoms with van der Waals surface area (Å²) in [6, 6.07) is 12.4. The maximum Gasteiger partial charge on any atom is 0.319 e. The third kappa shape index (κ3) is 4.70. The molecule has 6 nitrogen and oxygen atoms in total. The molecular weight excluding hydrogens is 376 g/mol. The summed E-state index contributed by atoms with van der Waals surface area (Å²) in [5.74, 6) is 0. The summed E-state index contributed by atoms with van der Waals surface area (Å²) in [6.07, 6.45) is 0. The summed E-state index contributed by atoms with van der Waals surface area (Å²) in [6.45, 7) is 7.80. The van der Waals surface area contributed by atoms with Crippen molar-refractivity contribution in [2.24, 2.45) is 0 Å². The smallest absolute Gasteiger partial charge is 0.319 e. The van der Waals surface area contributed by atoms with E-state index in [-0.39, 0.29) is 17.1 Å². The molecule has 28 heavy (non-hydrogen) atoms. The monoisotopic (exact) mass is 398 g/mol. The number of carbonyl (C=O) groups excluding carboxylic acids is 1. The van der Waals surface area contributed by atoms with Gasteiger partial charge in [0.15, 0.2) is 0 Å². The zero-order chi connectivity index (χ0) is 20.5. The maximum atomic E-state index is 12.7. The van der Waals surface area contributed by atoms with Gasteiger partial charge < -0.3 is 15.2 Å². The van der Waals surface area contributed by atoms with Crippen molar-refractivity contribution in [1.29, 1.82) is 0 Å². The van der Waals surface area contributed by atoms with E-state index in [1.165, 1.54) is 0 Å². The Bertz CT molecular complexity index is 1100. The zero-order valence-corrected chi connectivity index (χ0v) is 17.1. The fourth-order valence-corrected chi connectivity index (χ4v) is 3.14. The van der Waals surface area contributed by atoms with Gasteiger partial charge in [-0.1, -0.05) is 23.7 Å². The van der Waals surface area contributed by atoms with E-state index >= 15 is 0 Å². The van der Waals surface area contributed by atoms with Gasteiger partial charge in [0.2, 0.25) is 0 Å². The first-order valence-corrected chi connectivity index (χ1v) is 9.35. The topological polar surface area (TPSA) is 76.0 Å². The second kappa shape index (κ2) is 7.64. The zero-order valence-electron chi connectivity index (χ0n) is 16.3. The molecular formula is C21H23ClN4O2. The summed E-state index contributed by atoms with van der Waals surface area (Å²) in [5, 5.41) is 6.28. The van der Waals surface area contributed by atoms with Crippen molar-refractivity contribution in [3.63, 3.8) is 0 Å². The first kappa shape index (κ1) is 19.9. The van der Waals surface area contributed by atoms with Crippen molar-refractivity contribution in [3.8, 4) is 0 Å². The Morgan fingerprint density at radius 1 is 1.18 bits per heavy atom. The molecule has 0 aliphatic carbocycles. The first-order chi connectivity index (χ1) is 13.1. The SMILES string of the molecule is Cc1nc2cc(NC(=O)NC(C)(C)C)ccc2n(Cc2cccc(Cl)c2)c1=O. The Balaban J connectivity index is 1.98. The van der Waals surface area contributed by atoms with Crippen molar-refractivity contribution in [3.05, 3.63) is 69.1 Å². The Morgan fingerprint density at radius 3 is 2.61 bits per heavy atom. The molecule has 0 bridgehead atoms. The average Bonchev–Trinajstić information content (AvgIpc) is 2.57. The van der Waals surface area contributed by atoms with Crippen LogP contribution < -0.4 is 16.2 Å².